The Morgan fingerprint density at radius 2 is 2.15 bits per heavy atom. The van der Waals surface area contributed by atoms with E-state index < -0.39 is 0 Å². The Kier molecular flexibility index (Phi) is 5.76. The molecule has 0 atom stereocenters. The number of nitrogens with zero attached hydrogens (tertiary/aromatic N) is 2. The zero-order chi connectivity index (χ0) is 17.8. The number of ether oxygens (including phenoxy) is 2. The van der Waals surface area contributed by atoms with Crippen LogP contribution in [0.3, 0.4) is 0 Å². The van der Waals surface area contributed by atoms with E-state index in [1.54, 1.807) is 29.8 Å². The quantitative estimate of drug-likeness (QED) is 0.603. The molecule has 0 aromatic carbocycles. The monoisotopic (exact) mass is 391 g/mol. The van der Waals surface area contributed by atoms with Crippen molar-refractivity contribution in [1.82, 2.24) is 9.97 Å². The molecule has 138 valence electrons. The molecule has 0 amide bonds. The number of quaternary nitrogens is 1. The van der Waals surface area contributed by atoms with Crippen LogP contribution < -0.4 is 10.2 Å². The van der Waals surface area contributed by atoms with E-state index >= 15 is 0 Å². The van der Waals surface area contributed by atoms with Crippen molar-refractivity contribution in [2.24, 2.45) is 0 Å². The third-order valence-corrected chi connectivity index (χ3v) is 6.25. The molecule has 8 heteroatoms. The highest BCUT2D eigenvalue weighted by atomic mass is 32.1. The maximum absolute atomic E-state index is 5.46. The van der Waals surface area contributed by atoms with Crippen molar-refractivity contribution in [2.75, 3.05) is 51.9 Å². The minimum atomic E-state index is 0.647. The normalized spacial score (nSPS) is 15.6. The molecule has 26 heavy (non-hydrogen) atoms. The van der Waals surface area contributed by atoms with Gasteiger partial charge in [-0.15, -0.1) is 22.7 Å². The third-order valence-electron chi connectivity index (χ3n) is 4.47. The molecule has 0 saturated carbocycles. The first-order valence-corrected chi connectivity index (χ1v) is 10.6. The lowest BCUT2D eigenvalue weighted by molar-refractivity contribution is -0.922. The smallest absolute Gasteiger partial charge is 0.187 e. The molecule has 0 spiro atoms. The van der Waals surface area contributed by atoms with Crippen molar-refractivity contribution in [1.29, 1.82) is 0 Å². The summed E-state index contributed by atoms with van der Waals surface area (Å²) < 4.78 is 10.6. The van der Waals surface area contributed by atoms with E-state index in [-0.39, 0.29) is 0 Å². The van der Waals surface area contributed by atoms with Gasteiger partial charge in [0.2, 0.25) is 0 Å². The summed E-state index contributed by atoms with van der Waals surface area (Å²) in [4.78, 5) is 13.5. The van der Waals surface area contributed by atoms with E-state index in [2.05, 4.69) is 28.2 Å². The number of nitrogens with one attached hydrogen (secondary N) is 2. The highest BCUT2D eigenvalue weighted by molar-refractivity contribution is 7.18. The summed E-state index contributed by atoms with van der Waals surface area (Å²) in [5.41, 5.74) is 1.21. The van der Waals surface area contributed by atoms with Crippen LogP contribution in [0, 0.1) is 0 Å². The number of hydrogen-bond acceptors (Lipinski definition) is 7. The lowest BCUT2D eigenvalue weighted by Gasteiger charge is -2.23. The number of fused-ring (bicyclic) bond motifs is 1. The summed E-state index contributed by atoms with van der Waals surface area (Å²) in [7, 11) is 1.71. The minimum Gasteiger partial charge on any atom is -0.383 e. The second-order valence-electron chi connectivity index (χ2n) is 6.25. The van der Waals surface area contributed by atoms with E-state index in [0.29, 0.717) is 6.61 Å². The van der Waals surface area contributed by atoms with Crippen molar-refractivity contribution < 1.29 is 14.4 Å². The molecule has 2 N–H and O–H groups in total. The van der Waals surface area contributed by atoms with Gasteiger partial charge >= 0.3 is 0 Å². The summed E-state index contributed by atoms with van der Waals surface area (Å²) in [5.74, 6) is 1.81. The number of hydrogen-bond donors (Lipinski definition) is 2. The maximum Gasteiger partial charge on any atom is 0.187 e. The molecule has 0 radical (unpaired) electrons. The van der Waals surface area contributed by atoms with Gasteiger partial charge in [-0.2, -0.15) is 0 Å². The average molecular weight is 392 g/mol. The molecule has 3 aromatic rings. The molecular weight excluding hydrogens is 368 g/mol. The molecule has 0 unspecified atom stereocenters. The first-order chi connectivity index (χ1) is 12.8. The van der Waals surface area contributed by atoms with Crippen LogP contribution in [0.5, 0.6) is 0 Å². The molecule has 1 aliphatic rings. The number of thiophene rings is 2. The molecule has 3 aromatic heterocycles. The molecule has 4 heterocycles. The standard InChI is InChI=1S/C18H22N4O2S2/c1-23-7-4-19-17-16-13(14-3-2-10-25-14)12-26-18(16)21-15(20-17)11-22-5-8-24-9-6-22/h2-3,10,12H,4-9,11H2,1H3,(H,19,20,21)/p+1. The minimum absolute atomic E-state index is 0.647. The Hall–Kier alpha value is -1.58. The fraction of sp³-hybridized carbons (Fsp3) is 0.444. The summed E-state index contributed by atoms with van der Waals surface area (Å²) in [6.45, 7) is 5.87. The molecule has 0 aliphatic carbocycles. The maximum atomic E-state index is 5.46. The van der Waals surface area contributed by atoms with Crippen LogP contribution in [0.25, 0.3) is 20.7 Å². The van der Waals surface area contributed by atoms with Gasteiger partial charge in [0.25, 0.3) is 0 Å². The zero-order valence-electron chi connectivity index (χ0n) is 14.8. The Labute approximate surface area is 160 Å². The highest BCUT2D eigenvalue weighted by Gasteiger charge is 2.20. The second-order valence-corrected chi connectivity index (χ2v) is 8.06. The van der Waals surface area contributed by atoms with Gasteiger partial charge in [-0.3, -0.25) is 0 Å². The zero-order valence-corrected chi connectivity index (χ0v) is 16.4. The Bertz CT molecular complexity index is 844. The van der Waals surface area contributed by atoms with Crippen molar-refractivity contribution >= 4 is 38.7 Å². The first kappa shape index (κ1) is 17.8. The van der Waals surface area contributed by atoms with Gasteiger partial charge in [0.15, 0.2) is 5.82 Å². The molecule has 1 fully saturated rings. The highest BCUT2D eigenvalue weighted by Crippen LogP contribution is 2.38. The van der Waals surface area contributed by atoms with Gasteiger partial charge in [0.1, 0.15) is 30.3 Å². The third kappa shape index (κ3) is 3.89. The van der Waals surface area contributed by atoms with Gasteiger partial charge < -0.3 is 19.7 Å². The predicted octanol–water partition coefficient (Wildman–Crippen LogP) is 1.89. The summed E-state index contributed by atoms with van der Waals surface area (Å²) >= 11 is 3.44. The van der Waals surface area contributed by atoms with Gasteiger partial charge in [0, 0.05) is 29.5 Å². The van der Waals surface area contributed by atoms with Crippen LogP contribution in [0.2, 0.25) is 0 Å². The van der Waals surface area contributed by atoms with Crippen LogP contribution in [0.4, 0.5) is 5.82 Å². The van der Waals surface area contributed by atoms with Gasteiger partial charge in [0.05, 0.1) is 25.2 Å². The number of morpholine rings is 1. The van der Waals surface area contributed by atoms with Crippen LogP contribution in [0.1, 0.15) is 5.82 Å². The van der Waals surface area contributed by atoms with E-state index in [1.807, 2.05) is 0 Å². The summed E-state index contributed by atoms with van der Waals surface area (Å²) in [6, 6.07) is 4.23. The van der Waals surface area contributed by atoms with Crippen LogP contribution in [-0.2, 0) is 16.0 Å². The number of aromatic nitrogens is 2. The van der Waals surface area contributed by atoms with Crippen molar-refractivity contribution in [3.05, 3.63) is 28.7 Å². The fourth-order valence-electron chi connectivity index (χ4n) is 3.14. The Morgan fingerprint density at radius 3 is 2.92 bits per heavy atom. The van der Waals surface area contributed by atoms with Crippen LogP contribution in [-0.4, -0.2) is 56.5 Å². The number of anilines is 1. The van der Waals surface area contributed by atoms with Gasteiger partial charge in [-0.25, -0.2) is 9.97 Å². The average Bonchev–Trinajstić information content (AvgIpc) is 3.32. The van der Waals surface area contributed by atoms with E-state index in [9.17, 15) is 0 Å². The van der Waals surface area contributed by atoms with Crippen molar-refractivity contribution in [3.63, 3.8) is 0 Å². The molecule has 0 bridgehead atoms. The Balaban J connectivity index is 1.68. The lowest BCUT2D eigenvalue weighted by Crippen LogP contribution is -3.12. The largest absolute Gasteiger partial charge is 0.383 e. The van der Waals surface area contributed by atoms with Crippen molar-refractivity contribution in [2.45, 2.75) is 6.54 Å². The topological polar surface area (TPSA) is 60.7 Å². The van der Waals surface area contributed by atoms with E-state index in [0.717, 1.165) is 61.3 Å². The second kappa shape index (κ2) is 8.41. The van der Waals surface area contributed by atoms with Crippen LogP contribution >= 0.6 is 22.7 Å². The molecule has 6 nitrogen and oxygen atoms in total. The van der Waals surface area contributed by atoms with Gasteiger partial charge in [-0.1, -0.05) is 6.07 Å². The summed E-state index contributed by atoms with van der Waals surface area (Å²) in [6.07, 6.45) is 0. The number of rotatable bonds is 7. The first-order valence-electron chi connectivity index (χ1n) is 8.81. The SMILES string of the molecule is COCCNc1nc(C[NH+]2CCOCC2)nc2scc(-c3cccs3)c12. The van der Waals surface area contributed by atoms with Crippen molar-refractivity contribution in [3.8, 4) is 10.4 Å². The lowest BCUT2D eigenvalue weighted by atomic mass is 10.2. The molecule has 1 saturated heterocycles. The summed E-state index contributed by atoms with van der Waals surface area (Å²) in [5, 5.41) is 8.87. The van der Waals surface area contributed by atoms with Crippen LogP contribution in [0.15, 0.2) is 22.9 Å². The predicted molar refractivity (Wildman–Crippen MR) is 106 cm³/mol. The molecular formula is C18H23N4O2S2+. The van der Waals surface area contributed by atoms with Gasteiger partial charge in [-0.05, 0) is 11.4 Å². The molecule has 4 rings (SSSR count). The van der Waals surface area contributed by atoms with E-state index in [1.165, 1.54) is 15.3 Å². The van der Waals surface area contributed by atoms with E-state index in [4.69, 9.17) is 19.4 Å². The molecule has 1 aliphatic heterocycles. The number of methoxy groups -OCH3 is 1. The fourth-order valence-corrected chi connectivity index (χ4v) is 4.92. The Morgan fingerprint density at radius 1 is 1.27 bits per heavy atom.